The molecule has 0 spiro atoms. The molecule has 0 atom stereocenters. The molecule has 1 aromatic carbocycles. The SMILES string of the molecule is CC.CCOc1ccc(C)cc1.S. The van der Waals surface area contributed by atoms with Crippen molar-refractivity contribution in [1.29, 1.82) is 0 Å². The van der Waals surface area contributed by atoms with Crippen LogP contribution in [-0.2, 0) is 0 Å². The number of hydrogen-bond acceptors (Lipinski definition) is 1. The summed E-state index contributed by atoms with van der Waals surface area (Å²) in [6.07, 6.45) is 0. The second-order valence-electron chi connectivity index (χ2n) is 2.25. The number of ether oxygens (including phenoxy) is 1. The van der Waals surface area contributed by atoms with Crippen molar-refractivity contribution in [3.05, 3.63) is 29.8 Å². The van der Waals surface area contributed by atoms with E-state index in [4.69, 9.17) is 4.74 Å². The summed E-state index contributed by atoms with van der Waals surface area (Å²) in [6.45, 7) is 8.79. The quantitative estimate of drug-likeness (QED) is 0.709. The molecule has 0 aliphatic carbocycles. The standard InChI is InChI=1S/C9H12O.C2H6.H2S/c1-3-10-9-6-4-8(2)5-7-9;1-2;/h4-7H,3H2,1-2H3;1-2H3;1H2. The summed E-state index contributed by atoms with van der Waals surface area (Å²) in [5.41, 5.74) is 1.27. The molecule has 0 bridgehead atoms. The van der Waals surface area contributed by atoms with Gasteiger partial charge in [0.1, 0.15) is 5.75 Å². The average Bonchev–Trinajstić information content (AvgIpc) is 2.13. The predicted octanol–water partition coefficient (Wildman–Crippen LogP) is 3.53. The second kappa shape index (κ2) is 9.46. The van der Waals surface area contributed by atoms with Gasteiger partial charge in [0.25, 0.3) is 0 Å². The molecule has 0 saturated carbocycles. The predicted molar refractivity (Wildman–Crippen MR) is 64.1 cm³/mol. The van der Waals surface area contributed by atoms with Gasteiger partial charge in [0.05, 0.1) is 6.61 Å². The molecule has 1 aromatic rings. The molecule has 0 aromatic heterocycles. The summed E-state index contributed by atoms with van der Waals surface area (Å²) in [7, 11) is 0. The van der Waals surface area contributed by atoms with E-state index in [-0.39, 0.29) is 13.5 Å². The Bertz CT molecular complexity index is 194. The van der Waals surface area contributed by atoms with E-state index in [1.165, 1.54) is 5.56 Å². The molecule has 2 heteroatoms. The highest BCUT2D eigenvalue weighted by molar-refractivity contribution is 7.59. The first kappa shape index (κ1) is 14.9. The van der Waals surface area contributed by atoms with Crippen molar-refractivity contribution in [3.8, 4) is 5.75 Å². The summed E-state index contributed by atoms with van der Waals surface area (Å²) in [6, 6.07) is 8.06. The molecule has 0 N–H and O–H groups in total. The Labute approximate surface area is 88.6 Å². The van der Waals surface area contributed by atoms with Gasteiger partial charge in [0.15, 0.2) is 0 Å². The molecule has 0 heterocycles. The molecular formula is C11H20OS. The molecule has 1 rings (SSSR count). The summed E-state index contributed by atoms with van der Waals surface area (Å²) in [5, 5.41) is 0. The van der Waals surface area contributed by atoms with E-state index in [1.807, 2.05) is 45.0 Å². The average molecular weight is 200 g/mol. The van der Waals surface area contributed by atoms with Gasteiger partial charge in [-0.25, -0.2) is 0 Å². The zero-order valence-corrected chi connectivity index (χ0v) is 9.92. The van der Waals surface area contributed by atoms with Gasteiger partial charge in [0.2, 0.25) is 0 Å². The van der Waals surface area contributed by atoms with Crippen LogP contribution in [0.2, 0.25) is 0 Å². The van der Waals surface area contributed by atoms with Gasteiger partial charge in [0, 0.05) is 0 Å². The fraction of sp³-hybridized carbons (Fsp3) is 0.455. The minimum atomic E-state index is 0. The largest absolute Gasteiger partial charge is 0.494 e. The number of rotatable bonds is 2. The van der Waals surface area contributed by atoms with Crippen molar-refractivity contribution in [2.75, 3.05) is 6.61 Å². The highest BCUT2D eigenvalue weighted by Gasteiger charge is 1.87. The zero-order chi connectivity index (χ0) is 9.40. The van der Waals surface area contributed by atoms with E-state index in [9.17, 15) is 0 Å². The van der Waals surface area contributed by atoms with E-state index >= 15 is 0 Å². The van der Waals surface area contributed by atoms with Crippen LogP contribution in [-0.4, -0.2) is 6.61 Å². The highest BCUT2D eigenvalue weighted by atomic mass is 32.1. The van der Waals surface area contributed by atoms with Crippen LogP contribution in [0.3, 0.4) is 0 Å². The molecule has 0 saturated heterocycles. The van der Waals surface area contributed by atoms with Crippen molar-refractivity contribution in [2.45, 2.75) is 27.7 Å². The van der Waals surface area contributed by atoms with E-state index in [0.717, 1.165) is 12.4 Å². The highest BCUT2D eigenvalue weighted by Crippen LogP contribution is 2.10. The zero-order valence-electron chi connectivity index (χ0n) is 8.92. The van der Waals surface area contributed by atoms with E-state index in [0.29, 0.717) is 0 Å². The Balaban J connectivity index is 0. The first-order valence-electron chi connectivity index (χ1n) is 4.52. The van der Waals surface area contributed by atoms with Gasteiger partial charge in [-0.15, -0.1) is 0 Å². The monoisotopic (exact) mass is 200 g/mol. The van der Waals surface area contributed by atoms with Crippen LogP contribution in [0.25, 0.3) is 0 Å². The molecule has 1 nitrogen and oxygen atoms in total. The lowest BCUT2D eigenvalue weighted by Crippen LogP contribution is -1.90. The molecule has 13 heavy (non-hydrogen) atoms. The number of aryl methyl sites for hydroxylation is 1. The van der Waals surface area contributed by atoms with Crippen LogP contribution in [0.15, 0.2) is 24.3 Å². The first-order valence-corrected chi connectivity index (χ1v) is 4.52. The van der Waals surface area contributed by atoms with Crippen LogP contribution in [0.4, 0.5) is 0 Å². The third-order valence-electron chi connectivity index (χ3n) is 1.33. The van der Waals surface area contributed by atoms with Gasteiger partial charge >= 0.3 is 0 Å². The van der Waals surface area contributed by atoms with Gasteiger partial charge < -0.3 is 4.74 Å². The third-order valence-corrected chi connectivity index (χ3v) is 1.33. The summed E-state index contributed by atoms with van der Waals surface area (Å²) < 4.78 is 5.26. The Kier molecular flexibility index (Phi) is 10.8. The minimum Gasteiger partial charge on any atom is -0.494 e. The van der Waals surface area contributed by atoms with Gasteiger partial charge in [-0.1, -0.05) is 31.5 Å². The topological polar surface area (TPSA) is 9.23 Å². The Morgan fingerprint density at radius 3 is 1.92 bits per heavy atom. The molecule has 0 fully saturated rings. The molecular weight excluding hydrogens is 180 g/mol. The maximum Gasteiger partial charge on any atom is 0.119 e. The Morgan fingerprint density at radius 2 is 1.54 bits per heavy atom. The Morgan fingerprint density at radius 1 is 1.08 bits per heavy atom. The lowest BCUT2D eigenvalue weighted by Gasteiger charge is -2.01. The van der Waals surface area contributed by atoms with Crippen molar-refractivity contribution >= 4 is 13.5 Å². The van der Waals surface area contributed by atoms with Crippen molar-refractivity contribution in [2.24, 2.45) is 0 Å². The Hall–Kier alpha value is -0.630. The minimum absolute atomic E-state index is 0. The summed E-state index contributed by atoms with van der Waals surface area (Å²) >= 11 is 0. The molecule has 0 radical (unpaired) electrons. The van der Waals surface area contributed by atoms with Crippen molar-refractivity contribution < 1.29 is 4.74 Å². The smallest absolute Gasteiger partial charge is 0.119 e. The van der Waals surface area contributed by atoms with Gasteiger partial charge in [-0.05, 0) is 26.0 Å². The summed E-state index contributed by atoms with van der Waals surface area (Å²) in [5.74, 6) is 0.952. The lowest BCUT2D eigenvalue weighted by molar-refractivity contribution is 0.340. The molecule has 0 unspecified atom stereocenters. The maximum atomic E-state index is 5.26. The molecule has 0 amide bonds. The number of hydrogen-bond donors (Lipinski definition) is 0. The van der Waals surface area contributed by atoms with E-state index < -0.39 is 0 Å². The van der Waals surface area contributed by atoms with Crippen LogP contribution in [0.1, 0.15) is 26.3 Å². The van der Waals surface area contributed by atoms with Crippen LogP contribution >= 0.6 is 13.5 Å². The fourth-order valence-corrected chi connectivity index (χ4v) is 0.801. The number of benzene rings is 1. The van der Waals surface area contributed by atoms with Crippen LogP contribution in [0.5, 0.6) is 5.75 Å². The molecule has 0 aliphatic rings. The van der Waals surface area contributed by atoms with Crippen molar-refractivity contribution in [3.63, 3.8) is 0 Å². The molecule has 76 valence electrons. The maximum absolute atomic E-state index is 5.26. The first-order chi connectivity index (χ1) is 5.83. The van der Waals surface area contributed by atoms with Gasteiger partial charge in [-0.3, -0.25) is 0 Å². The fourth-order valence-electron chi connectivity index (χ4n) is 0.801. The van der Waals surface area contributed by atoms with Crippen LogP contribution in [0, 0.1) is 6.92 Å². The second-order valence-corrected chi connectivity index (χ2v) is 2.25. The molecule has 0 aliphatic heterocycles. The van der Waals surface area contributed by atoms with Crippen LogP contribution < -0.4 is 4.74 Å². The third kappa shape index (κ3) is 6.52. The normalized spacial score (nSPS) is 7.69. The lowest BCUT2D eigenvalue weighted by atomic mass is 10.2. The van der Waals surface area contributed by atoms with E-state index in [1.54, 1.807) is 0 Å². The van der Waals surface area contributed by atoms with E-state index in [2.05, 4.69) is 6.92 Å². The van der Waals surface area contributed by atoms with Crippen molar-refractivity contribution in [1.82, 2.24) is 0 Å². The summed E-state index contributed by atoms with van der Waals surface area (Å²) in [4.78, 5) is 0. The van der Waals surface area contributed by atoms with Gasteiger partial charge in [-0.2, -0.15) is 13.5 Å².